The number of carbonyl (C=O) groups excluding carboxylic acids is 1. The summed E-state index contributed by atoms with van der Waals surface area (Å²) in [7, 11) is 1.53. The Kier molecular flexibility index (Phi) is 3.89. The third kappa shape index (κ3) is 2.72. The monoisotopic (exact) mass is 279 g/mol. The lowest BCUT2D eigenvalue weighted by Crippen LogP contribution is -2.28. The van der Waals surface area contributed by atoms with Crippen LogP contribution in [0.4, 0.5) is 10.2 Å². The molecule has 2 aromatic heterocycles. The summed E-state index contributed by atoms with van der Waals surface area (Å²) in [6.45, 7) is 1.91. The Labute approximate surface area is 114 Å². The molecule has 0 aromatic carbocycles. The van der Waals surface area contributed by atoms with Crippen molar-refractivity contribution in [3.63, 3.8) is 0 Å². The second-order valence-electron chi connectivity index (χ2n) is 4.16. The summed E-state index contributed by atoms with van der Waals surface area (Å²) in [5, 5.41) is 6.59. The van der Waals surface area contributed by atoms with Gasteiger partial charge >= 0.3 is 0 Å². The van der Waals surface area contributed by atoms with Crippen LogP contribution in [0.5, 0.6) is 0 Å². The topological polar surface area (TPSA) is 113 Å². The van der Waals surface area contributed by atoms with Gasteiger partial charge in [0.15, 0.2) is 17.5 Å². The zero-order chi connectivity index (χ0) is 14.7. The highest BCUT2D eigenvalue weighted by Crippen LogP contribution is 2.16. The zero-order valence-corrected chi connectivity index (χ0v) is 11.0. The third-order valence-electron chi connectivity index (χ3n) is 2.63. The van der Waals surface area contributed by atoms with E-state index in [0.717, 1.165) is 0 Å². The summed E-state index contributed by atoms with van der Waals surface area (Å²) in [5.74, 6) is 4.73. The summed E-state index contributed by atoms with van der Waals surface area (Å²) < 4.78 is 13.9. The number of nitrogens with one attached hydrogen (secondary N) is 2. The first kappa shape index (κ1) is 13.9. The van der Waals surface area contributed by atoms with E-state index in [9.17, 15) is 9.18 Å². The number of anilines is 1. The van der Waals surface area contributed by atoms with E-state index in [1.165, 1.54) is 24.2 Å². The maximum absolute atomic E-state index is 13.9. The number of H-pyrrole nitrogens is 1. The van der Waals surface area contributed by atoms with Gasteiger partial charge in [0.05, 0.1) is 12.1 Å². The van der Waals surface area contributed by atoms with Crippen molar-refractivity contribution in [2.75, 3.05) is 12.5 Å². The number of carbonyl (C=O) groups is 1. The molecule has 2 rings (SSSR count). The molecular formula is C11H14FN7O. The van der Waals surface area contributed by atoms with Gasteiger partial charge in [0.2, 0.25) is 0 Å². The Bertz CT molecular complexity index is 627. The number of amides is 1. The van der Waals surface area contributed by atoms with E-state index in [4.69, 9.17) is 5.84 Å². The molecule has 106 valence electrons. The van der Waals surface area contributed by atoms with E-state index in [-0.39, 0.29) is 17.9 Å². The van der Waals surface area contributed by atoms with Crippen molar-refractivity contribution in [2.45, 2.75) is 13.5 Å². The van der Waals surface area contributed by atoms with E-state index in [1.807, 2.05) is 0 Å². The zero-order valence-electron chi connectivity index (χ0n) is 11.0. The van der Waals surface area contributed by atoms with Crippen molar-refractivity contribution in [2.24, 2.45) is 5.84 Å². The second kappa shape index (κ2) is 5.61. The number of aromatic amines is 1. The van der Waals surface area contributed by atoms with Gasteiger partial charge in [-0.3, -0.25) is 9.89 Å². The lowest BCUT2D eigenvalue weighted by Gasteiger charge is -2.16. The molecule has 2 heterocycles. The highest BCUT2D eigenvalue weighted by Gasteiger charge is 2.20. The predicted octanol–water partition coefficient (Wildman–Crippen LogP) is 0.205. The molecule has 1 amide bonds. The Morgan fingerprint density at radius 2 is 2.35 bits per heavy atom. The molecule has 0 atom stereocenters. The predicted molar refractivity (Wildman–Crippen MR) is 68.9 cm³/mol. The van der Waals surface area contributed by atoms with Crippen LogP contribution in [0.15, 0.2) is 12.3 Å². The van der Waals surface area contributed by atoms with E-state index < -0.39 is 11.7 Å². The number of aromatic nitrogens is 4. The highest BCUT2D eigenvalue weighted by molar-refractivity contribution is 5.94. The molecule has 0 unspecified atom stereocenters. The minimum absolute atomic E-state index is 0.122. The minimum Gasteiger partial charge on any atom is -0.334 e. The van der Waals surface area contributed by atoms with Crippen LogP contribution in [0.3, 0.4) is 0 Å². The molecule has 0 saturated carbocycles. The van der Waals surface area contributed by atoms with Gasteiger partial charge in [0.25, 0.3) is 5.91 Å². The van der Waals surface area contributed by atoms with Crippen LogP contribution >= 0.6 is 0 Å². The number of aryl methyl sites for hydroxylation is 1. The second-order valence-corrected chi connectivity index (χ2v) is 4.16. The van der Waals surface area contributed by atoms with Crippen LogP contribution in [-0.2, 0) is 6.54 Å². The van der Waals surface area contributed by atoms with Gasteiger partial charge in [-0.1, -0.05) is 0 Å². The molecule has 2 aromatic rings. The summed E-state index contributed by atoms with van der Waals surface area (Å²) in [5.41, 5.74) is 1.97. The fourth-order valence-electron chi connectivity index (χ4n) is 1.66. The number of hydrazine groups is 1. The van der Waals surface area contributed by atoms with Gasteiger partial charge in [-0.2, -0.15) is 5.10 Å². The first-order valence-electron chi connectivity index (χ1n) is 5.77. The first-order chi connectivity index (χ1) is 9.52. The fraction of sp³-hybridized carbons (Fsp3) is 0.273. The van der Waals surface area contributed by atoms with Crippen molar-refractivity contribution in [3.8, 4) is 0 Å². The fourth-order valence-corrected chi connectivity index (χ4v) is 1.66. The number of hydrogen-bond acceptors (Lipinski definition) is 6. The van der Waals surface area contributed by atoms with Gasteiger partial charge in [-0.15, -0.1) is 0 Å². The van der Waals surface area contributed by atoms with Gasteiger partial charge in [-0.25, -0.2) is 20.2 Å². The van der Waals surface area contributed by atoms with E-state index in [2.05, 4.69) is 25.6 Å². The van der Waals surface area contributed by atoms with Gasteiger partial charge in [0.1, 0.15) is 5.82 Å². The Morgan fingerprint density at radius 1 is 1.60 bits per heavy atom. The van der Waals surface area contributed by atoms with Crippen molar-refractivity contribution >= 4 is 11.7 Å². The quantitative estimate of drug-likeness (QED) is 0.544. The molecule has 0 spiro atoms. The van der Waals surface area contributed by atoms with Crippen LogP contribution in [0.25, 0.3) is 0 Å². The number of nitrogen functional groups attached to an aromatic ring is 1. The molecule has 0 saturated heterocycles. The summed E-state index contributed by atoms with van der Waals surface area (Å²) in [4.78, 5) is 21.2. The van der Waals surface area contributed by atoms with Crippen LogP contribution in [-0.4, -0.2) is 38.0 Å². The van der Waals surface area contributed by atoms with Crippen LogP contribution in [0, 0.1) is 12.7 Å². The Hall–Kier alpha value is -2.55. The largest absolute Gasteiger partial charge is 0.334 e. The number of pyridine rings is 1. The van der Waals surface area contributed by atoms with E-state index in [0.29, 0.717) is 11.6 Å². The molecule has 4 N–H and O–H groups in total. The average Bonchev–Trinajstić information content (AvgIpc) is 2.83. The number of hydrogen-bond donors (Lipinski definition) is 3. The Morgan fingerprint density at radius 3 is 2.95 bits per heavy atom. The van der Waals surface area contributed by atoms with Crippen molar-refractivity contribution < 1.29 is 9.18 Å². The van der Waals surface area contributed by atoms with E-state index in [1.54, 1.807) is 6.92 Å². The lowest BCUT2D eigenvalue weighted by molar-refractivity contribution is 0.0777. The molecule has 20 heavy (non-hydrogen) atoms. The molecule has 0 aliphatic rings. The molecule has 0 bridgehead atoms. The molecule has 0 aliphatic carbocycles. The van der Waals surface area contributed by atoms with Crippen LogP contribution in [0.1, 0.15) is 22.0 Å². The maximum atomic E-state index is 13.9. The highest BCUT2D eigenvalue weighted by atomic mass is 19.1. The van der Waals surface area contributed by atoms with Crippen molar-refractivity contribution in [3.05, 3.63) is 35.3 Å². The van der Waals surface area contributed by atoms with E-state index >= 15 is 0 Å². The maximum Gasteiger partial charge on any atom is 0.257 e. The summed E-state index contributed by atoms with van der Waals surface area (Å²) in [6.07, 6.45) is 1.30. The molecule has 9 heteroatoms. The minimum atomic E-state index is -0.794. The molecule has 8 nitrogen and oxygen atoms in total. The summed E-state index contributed by atoms with van der Waals surface area (Å²) >= 11 is 0. The average molecular weight is 279 g/mol. The number of halogens is 1. The van der Waals surface area contributed by atoms with Gasteiger partial charge < -0.3 is 10.3 Å². The summed E-state index contributed by atoms with van der Waals surface area (Å²) in [6, 6.07) is 1.29. The smallest absolute Gasteiger partial charge is 0.257 e. The molecule has 0 radical (unpaired) electrons. The van der Waals surface area contributed by atoms with Crippen molar-refractivity contribution in [1.29, 1.82) is 0 Å². The van der Waals surface area contributed by atoms with Crippen molar-refractivity contribution in [1.82, 2.24) is 25.1 Å². The molecule has 0 fully saturated rings. The van der Waals surface area contributed by atoms with Crippen LogP contribution < -0.4 is 11.3 Å². The standard InChI is InChI=1S/C11H14FN7O/c1-6-15-8(18-17-6)5-19(2)11(20)7-3-4-14-10(16-13)9(7)12/h3-4H,5,13H2,1-2H3,(H,14,16)(H,15,17,18). The number of nitrogens with two attached hydrogens (primary N) is 1. The lowest BCUT2D eigenvalue weighted by atomic mass is 10.2. The Balaban J connectivity index is 2.18. The first-order valence-corrected chi connectivity index (χ1v) is 5.77. The number of nitrogens with zero attached hydrogens (tertiary/aromatic N) is 4. The normalized spacial score (nSPS) is 10.4. The molecular weight excluding hydrogens is 265 g/mol. The van der Waals surface area contributed by atoms with Gasteiger partial charge in [-0.05, 0) is 13.0 Å². The van der Waals surface area contributed by atoms with Crippen LogP contribution in [0.2, 0.25) is 0 Å². The SMILES string of the molecule is Cc1nc(CN(C)C(=O)c2ccnc(NN)c2F)n[nH]1. The number of rotatable bonds is 4. The third-order valence-corrected chi connectivity index (χ3v) is 2.63. The van der Waals surface area contributed by atoms with Gasteiger partial charge in [0, 0.05) is 13.2 Å². The molecule has 0 aliphatic heterocycles.